The van der Waals surface area contributed by atoms with Gasteiger partial charge in [0.05, 0.1) is 17.5 Å². The van der Waals surface area contributed by atoms with E-state index in [0.717, 1.165) is 4.90 Å². The summed E-state index contributed by atoms with van der Waals surface area (Å²) in [6.45, 7) is 2.30. The first-order chi connectivity index (χ1) is 9.99. The number of carbonyl (C=O) groups is 2. The third-order valence-electron chi connectivity index (χ3n) is 2.96. The molecule has 1 heterocycles. The van der Waals surface area contributed by atoms with Crippen LogP contribution in [0.5, 0.6) is 0 Å². The van der Waals surface area contributed by atoms with Gasteiger partial charge < -0.3 is 15.4 Å². The Labute approximate surface area is 132 Å². The Bertz CT molecular complexity index is 553. The molecule has 1 aromatic carbocycles. The average Bonchev–Trinajstić information content (AvgIpc) is 2.40. The minimum absolute atomic E-state index is 0.0785. The van der Waals surface area contributed by atoms with Crippen LogP contribution in [0.1, 0.15) is 13.3 Å². The van der Waals surface area contributed by atoms with Gasteiger partial charge in [-0.3, -0.25) is 9.59 Å². The molecule has 0 saturated carbocycles. The lowest BCUT2D eigenvalue weighted by molar-refractivity contribution is -0.124. The Kier molecular flexibility index (Phi) is 5.50. The van der Waals surface area contributed by atoms with Gasteiger partial charge in [-0.15, -0.1) is 11.8 Å². The number of carbonyl (C=O) groups excluding carboxylic acids is 2. The lowest BCUT2D eigenvalue weighted by atomic mass is 10.2. The number of hydrogen-bond donors (Lipinski definition) is 2. The van der Waals surface area contributed by atoms with Crippen molar-refractivity contribution in [2.75, 3.05) is 19.0 Å². The number of methoxy groups -OCH3 is 1. The molecule has 7 heteroatoms. The Morgan fingerprint density at radius 1 is 1.57 bits per heavy atom. The van der Waals surface area contributed by atoms with Crippen LogP contribution in [0.2, 0.25) is 5.02 Å². The number of ether oxygens (including phenoxy) is 1. The predicted octanol–water partition coefficient (Wildman–Crippen LogP) is 2.29. The largest absolute Gasteiger partial charge is 0.383 e. The summed E-state index contributed by atoms with van der Waals surface area (Å²) in [4.78, 5) is 24.9. The molecule has 114 valence electrons. The van der Waals surface area contributed by atoms with E-state index in [4.69, 9.17) is 16.3 Å². The van der Waals surface area contributed by atoms with Crippen LogP contribution in [0.4, 0.5) is 5.69 Å². The first-order valence-electron chi connectivity index (χ1n) is 6.55. The second-order valence-corrected chi connectivity index (χ2v) is 6.55. The van der Waals surface area contributed by atoms with E-state index in [2.05, 4.69) is 10.6 Å². The molecule has 0 unspecified atom stereocenters. The maximum absolute atomic E-state index is 12.0. The zero-order valence-corrected chi connectivity index (χ0v) is 13.4. The first-order valence-corrected chi connectivity index (χ1v) is 7.80. The topological polar surface area (TPSA) is 67.4 Å². The third kappa shape index (κ3) is 4.36. The quantitative estimate of drug-likeness (QED) is 0.870. The van der Waals surface area contributed by atoms with Crippen LogP contribution in [-0.4, -0.2) is 36.8 Å². The van der Waals surface area contributed by atoms with Gasteiger partial charge in [0.25, 0.3) is 0 Å². The molecule has 5 nitrogen and oxygen atoms in total. The van der Waals surface area contributed by atoms with Gasteiger partial charge in [-0.05, 0) is 25.1 Å². The summed E-state index contributed by atoms with van der Waals surface area (Å²) in [5.74, 6) is -0.339. The first kappa shape index (κ1) is 16.1. The van der Waals surface area contributed by atoms with E-state index >= 15 is 0 Å². The van der Waals surface area contributed by atoms with Gasteiger partial charge in [-0.2, -0.15) is 0 Å². The van der Waals surface area contributed by atoms with E-state index in [9.17, 15) is 9.59 Å². The zero-order chi connectivity index (χ0) is 15.4. The van der Waals surface area contributed by atoms with Gasteiger partial charge in [0.2, 0.25) is 11.8 Å². The zero-order valence-electron chi connectivity index (χ0n) is 11.8. The third-order valence-corrected chi connectivity index (χ3v) is 4.47. The Morgan fingerprint density at radius 3 is 3.05 bits per heavy atom. The van der Waals surface area contributed by atoms with Gasteiger partial charge >= 0.3 is 0 Å². The smallest absolute Gasteiger partial charge is 0.238 e. The van der Waals surface area contributed by atoms with Crippen molar-refractivity contribution in [3.63, 3.8) is 0 Å². The van der Waals surface area contributed by atoms with Gasteiger partial charge in [-0.1, -0.05) is 11.6 Å². The molecule has 0 fully saturated rings. The van der Waals surface area contributed by atoms with Crippen molar-refractivity contribution in [2.45, 2.75) is 29.5 Å². The molecule has 1 aliphatic heterocycles. The Hall–Kier alpha value is -1.24. The van der Waals surface area contributed by atoms with Crippen LogP contribution >= 0.6 is 23.4 Å². The summed E-state index contributed by atoms with van der Waals surface area (Å²) in [6.07, 6.45) is 0.132. The normalized spacial score (nSPS) is 18.6. The second kappa shape index (κ2) is 7.15. The highest BCUT2D eigenvalue weighted by molar-refractivity contribution is 8.01. The average molecular weight is 329 g/mol. The van der Waals surface area contributed by atoms with Gasteiger partial charge in [0.1, 0.15) is 0 Å². The monoisotopic (exact) mass is 328 g/mol. The number of fused-ring (bicyclic) bond motifs is 1. The van der Waals surface area contributed by atoms with Gasteiger partial charge in [0.15, 0.2) is 0 Å². The standard InChI is InChI=1S/C14H17ClN2O3S/c1-8(7-20-2)16-13(18)6-12-14(19)17-10-5-9(15)3-4-11(10)21-12/h3-5,8,12H,6-7H2,1-2H3,(H,16,18)(H,17,19)/t8-,12+/m1/s1. The minimum atomic E-state index is -0.437. The molecule has 2 N–H and O–H groups in total. The number of anilines is 1. The van der Waals surface area contributed by atoms with Crippen molar-refractivity contribution in [1.82, 2.24) is 5.32 Å². The minimum Gasteiger partial charge on any atom is -0.383 e. The number of benzene rings is 1. The molecule has 0 spiro atoms. The Morgan fingerprint density at radius 2 is 2.33 bits per heavy atom. The lowest BCUT2D eigenvalue weighted by Gasteiger charge is -2.24. The highest BCUT2D eigenvalue weighted by Gasteiger charge is 2.29. The molecule has 21 heavy (non-hydrogen) atoms. The van der Waals surface area contributed by atoms with E-state index in [-0.39, 0.29) is 24.3 Å². The van der Waals surface area contributed by atoms with Crippen LogP contribution in [0, 0.1) is 0 Å². The van der Waals surface area contributed by atoms with Crippen LogP contribution in [0.3, 0.4) is 0 Å². The van der Waals surface area contributed by atoms with E-state index < -0.39 is 5.25 Å². The molecule has 0 radical (unpaired) electrons. The molecule has 2 rings (SSSR count). The lowest BCUT2D eigenvalue weighted by Crippen LogP contribution is -2.39. The van der Waals surface area contributed by atoms with E-state index in [0.29, 0.717) is 17.3 Å². The summed E-state index contributed by atoms with van der Waals surface area (Å²) in [6, 6.07) is 5.24. The molecule has 2 amide bonds. The molecule has 0 aliphatic carbocycles. The molecule has 1 aliphatic rings. The van der Waals surface area contributed by atoms with E-state index in [1.807, 2.05) is 13.0 Å². The molecule has 0 aromatic heterocycles. The highest BCUT2D eigenvalue weighted by Crippen LogP contribution is 2.38. The number of rotatable bonds is 5. The van der Waals surface area contributed by atoms with Crippen LogP contribution < -0.4 is 10.6 Å². The molecule has 1 aromatic rings. The number of thioether (sulfide) groups is 1. The van der Waals surface area contributed by atoms with Crippen molar-refractivity contribution in [2.24, 2.45) is 0 Å². The molecular weight excluding hydrogens is 312 g/mol. The van der Waals surface area contributed by atoms with Crippen molar-refractivity contribution in [1.29, 1.82) is 0 Å². The maximum Gasteiger partial charge on any atom is 0.238 e. The molecule has 0 saturated heterocycles. The SMILES string of the molecule is COC[C@@H](C)NC(=O)C[C@@H]1Sc2ccc(Cl)cc2NC1=O. The highest BCUT2D eigenvalue weighted by atomic mass is 35.5. The van der Waals surface area contributed by atoms with Gasteiger partial charge in [-0.25, -0.2) is 0 Å². The number of hydrogen-bond acceptors (Lipinski definition) is 4. The van der Waals surface area contributed by atoms with E-state index in [1.165, 1.54) is 11.8 Å². The summed E-state index contributed by atoms with van der Waals surface area (Å²) in [7, 11) is 1.58. The molecule has 2 atom stereocenters. The summed E-state index contributed by atoms with van der Waals surface area (Å²) in [5.41, 5.74) is 0.696. The van der Waals surface area contributed by atoms with Crippen molar-refractivity contribution in [3.8, 4) is 0 Å². The van der Waals surface area contributed by atoms with Crippen molar-refractivity contribution in [3.05, 3.63) is 23.2 Å². The fourth-order valence-corrected chi connectivity index (χ4v) is 3.31. The summed E-state index contributed by atoms with van der Waals surface area (Å²) in [5, 5.41) is 5.72. The van der Waals surface area contributed by atoms with Crippen LogP contribution in [0.15, 0.2) is 23.1 Å². The summed E-state index contributed by atoms with van der Waals surface area (Å²) >= 11 is 7.28. The van der Waals surface area contributed by atoms with Gasteiger partial charge in [0, 0.05) is 29.5 Å². The van der Waals surface area contributed by atoms with Crippen molar-refractivity contribution < 1.29 is 14.3 Å². The summed E-state index contributed by atoms with van der Waals surface area (Å²) < 4.78 is 4.96. The predicted molar refractivity (Wildman–Crippen MR) is 83.8 cm³/mol. The van der Waals surface area contributed by atoms with Crippen LogP contribution in [0.25, 0.3) is 0 Å². The number of nitrogens with one attached hydrogen (secondary N) is 2. The van der Waals surface area contributed by atoms with Crippen LogP contribution in [-0.2, 0) is 14.3 Å². The van der Waals surface area contributed by atoms with E-state index in [1.54, 1.807) is 19.2 Å². The fourth-order valence-electron chi connectivity index (χ4n) is 2.05. The Balaban J connectivity index is 1.97. The number of amides is 2. The molecular formula is C14H17ClN2O3S. The second-order valence-electron chi connectivity index (χ2n) is 4.86. The maximum atomic E-state index is 12.0. The fraction of sp³-hybridized carbons (Fsp3) is 0.429. The van der Waals surface area contributed by atoms with Crippen molar-refractivity contribution >= 4 is 40.9 Å². The number of halogens is 1. The molecule has 0 bridgehead atoms.